The summed E-state index contributed by atoms with van der Waals surface area (Å²) < 4.78 is 18.1. The van der Waals surface area contributed by atoms with Crippen LogP contribution in [0, 0.1) is 13.8 Å². The summed E-state index contributed by atoms with van der Waals surface area (Å²) in [6.45, 7) is 8.55. The fourth-order valence-electron chi connectivity index (χ4n) is 10.4. The van der Waals surface area contributed by atoms with E-state index >= 15 is 0 Å². The first-order chi connectivity index (χ1) is 35.3. The zero-order valence-electron chi connectivity index (χ0n) is 40.4. The molecule has 72 heavy (non-hydrogen) atoms. The van der Waals surface area contributed by atoms with Gasteiger partial charge in [0, 0.05) is 57.2 Å². The molecule has 0 fully saturated rings. The molecule has 8 heteroatoms. The summed E-state index contributed by atoms with van der Waals surface area (Å²) >= 11 is 0. The van der Waals surface area contributed by atoms with Gasteiger partial charge in [-0.15, -0.1) is 0 Å². The molecule has 0 spiro atoms. The van der Waals surface area contributed by atoms with E-state index in [-0.39, 0.29) is 0 Å². The van der Waals surface area contributed by atoms with Crippen LogP contribution < -0.4 is 9.47 Å². The second-order valence-corrected chi connectivity index (χ2v) is 18.7. The van der Waals surface area contributed by atoms with Crippen LogP contribution in [0.2, 0.25) is 0 Å². The van der Waals surface area contributed by atoms with E-state index in [1.807, 2.05) is 36.9 Å². The first-order valence-corrected chi connectivity index (χ1v) is 24.6. The number of pyridine rings is 2. The summed E-state index contributed by atoms with van der Waals surface area (Å²) in [4.78, 5) is 19.9. The number of hydrogen-bond donors (Lipinski definition) is 0. The number of aromatic nitrogens is 6. The minimum absolute atomic E-state index is 0.712. The van der Waals surface area contributed by atoms with Crippen molar-refractivity contribution in [2.75, 3.05) is 0 Å². The van der Waals surface area contributed by atoms with Crippen LogP contribution in [0.1, 0.15) is 36.1 Å². The highest BCUT2D eigenvalue weighted by Gasteiger charge is 2.19. The van der Waals surface area contributed by atoms with Gasteiger partial charge in [0.15, 0.2) is 0 Å². The summed E-state index contributed by atoms with van der Waals surface area (Å²) in [5, 5.41) is 8.89. The fraction of sp³-hybridized carbons (Fsp3) is 0.0938. The summed E-state index contributed by atoms with van der Waals surface area (Å²) in [5.74, 6) is 4.61. The molecular formula is C64H48N6O2. The molecule has 0 radical (unpaired) electrons. The maximum Gasteiger partial charge on any atom is 0.137 e. The van der Waals surface area contributed by atoms with Crippen molar-refractivity contribution < 1.29 is 9.47 Å². The Balaban J connectivity index is 0.881. The molecule has 0 aliphatic rings. The van der Waals surface area contributed by atoms with Crippen molar-refractivity contribution >= 4 is 65.2 Å². The van der Waals surface area contributed by atoms with E-state index in [0.29, 0.717) is 11.5 Å². The van der Waals surface area contributed by atoms with Gasteiger partial charge in [-0.3, -0.25) is 19.1 Å². The third-order valence-corrected chi connectivity index (χ3v) is 14.0. The molecule has 0 amide bonds. The topological polar surface area (TPSA) is 79.9 Å². The van der Waals surface area contributed by atoms with Crippen LogP contribution in [0.15, 0.2) is 195 Å². The Morgan fingerprint density at radius 3 is 1.24 bits per heavy atom. The van der Waals surface area contributed by atoms with Gasteiger partial charge in [0.1, 0.15) is 34.6 Å². The zero-order chi connectivity index (χ0) is 48.5. The monoisotopic (exact) mass is 932 g/mol. The smallest absolute Gasteiger partial charge is 0.137 e. The van der Waals surface area contributed by atoms with Crippen molar-refractivity contribution in [3.8, 4) is 57.1 Å². The summed E-state index contributed by atoms with van der Waals surface area (Å²) in [6.07, 6.45) is 9.33. The number of para-hydroxylation sites is 2. The van der Waals surface area contributed by atoms with Gasteiger partial charge in [-0.05, 0) is 155 Å². The minimum Gasteiger partial charge on any atom is -0.457 e. The van der Waals surface area contributed by atoms with Gasteiger partial charge in [-0.25, -0.2) is 9.97 Å². The third-order valence-electron chi connectivity index (χ3n) is 14.0. The van der Waals surface area contributed by atoms with E-state index < -0.39 is 0 Å². The lowest BCUT2D eigenvalue weighted by Gasteiger charge is -2.14. The van der Waals surface area contributed by atoms with Gasteiger partial charge >= 0.3 is 0 Å². The van der Waals surface area contributed by atoms with Crippen LogP contribution in [0.5, 0.6) is 23.0 Å². The van der Waals surface area contributed by atoms with E-state index in [2.05, 4.69) is 195 Å². The molecule has 0 unspecified atom stereocenters. The highest BCUT2D eigenvalue weighted by molar-refractivity contribution is 6.11. The Morgan fingerprint density at radius 2 is 0.806 bits per heavy atom. The maximum absolute atomic E-state index is 6.84. The van der Waals surface area contributed by atoms with Gasteiger partial charge in [0.2, 0.25) is 0 Å². The molecular weight excluding hydrogens is 885 g/mol. The number of nitrogens with zero attached hydrogens (tertiary/aromatic N) is 6. The van der Waals surface area contributed by atoms with Crippen molar-refractivity contribution in [2.24, 2.45) is 0 Å². The van der Waals surface area contributed by atoms with Crippen LogP contribution >= 0.6 is 0 Å². The normalized spacial score (nSPS) is 11.7. The van der Waals surface area contributed by atoms with Crippen molar-refractivity contribution in [1.82, 2.24) is 29.1 Å². The number of aryl methyl sites for hydroxylation is 4. The fourth-order valence-corrected chi connectivity index (χ4v) is 10.4. The average molecular weight is 933 g/mol. The predicted octanol–water partition coefficient (Wildman–Crippen LogP) is 16.4. The number of ether oxygens (including phenoxy) is 2. The highest BCUT2D eigenvalue weighted by Crippen LogP contribution is 2.41. The van der Waals surface area contributed by atoms with E-state index in [0.717, 1.165) is 135 Å². The Labute approximate surface area is 416 Å². The summed E-state index contributed by atoms with van der Waals surface area (Å²) in [7, 11) is 0. The van der Waals surface area contributed by atoms with Gasteiger partial charge < -0.3 is 9.47 Å². The van der Waals surface area contributed by atoms with Crippen molar-refractivity contribution in [3.63, 3.8) is 0 Å². The lowest BCUT2D eigenvalue weighted by molar-refractivity contribution is 0.484. The van der Waals surface area contributed by atoms with Crippen molar-refractivity contribution in [2.45, 2.75) is 40.5 Å². The molecule has 13 aromatic rings. The van der Waals surface area contributed by atoms with E-state index in [9.17, 15) is 0 Å². The molecule has 0 aliphatic carbocycles. The molecule has 0 bridgehead atoms. The lowest BCUT2D eigenvalue weighted by Crippen LogP contribution is -1.97. The Hall–Kier alpha value is -9.14. The van der Waals surface area contributed by atoms with E-state index in [4.69, 9.17) is 29.4 Å². The van der Waals surface area contributed by atoms with Gasteiger partial charge in [0.05, 0.1) is 45.8 Å². The molecule has 0 N–H and O–H groups in total. The highest BCUT2D eigenvalue weighted by atomic mass is 16.5. The molecule has 5 aromatic heterocycles. The average Bonchev–Trinajstić information content (AvgIpc) is 3.92. The van der Waals surface area contributed by atoms with Gasteiger partial charge in [-0.2, -0.15) is 0 Å². The molecule has 0 saturated heterocycles. The molecule has 0 saturated carbocycles. The summed E-state index contributed by atoms with van der Waals surface area (Å²) in [5.41, 5.74) is 12.4. The third kappa shape index (κ3) is 7.47. The largest absolute Gasteiger partial charge is 0.457 e. The molecule has 0 atom stereocenters. The van der Waals surface area contributed by atoms with Gasteiger partial charge in [0.25, 0.3) is 0 Å². The second-order valence-electron chi connectivity index (χ2n) is 18.7. The van der Waals surface area contributed by atoms with Crippen LogP contribution in [-0.4, -0.2) is 29.1 Å². The Bertz CT molecular complexity index is 4010. The molecule has 0 aliphatic heterocycles. The molecule has 8 nitrogen and oxygen atoms in total. The minimum atomic E-state index is 0.712. The number of hydrogen-bond acceptors (Lipinski definition) is 6. The van der Waals surface area contributed by atoms with Crippen molar-refractivity contribution in [3.05, 3.63) is 217 Å². The molecule has 8 aromatic carbocycles. The first-order valence-electron chi connectivity index (χ1n) is 24.6. The summed E-state index contributed by atoms with van der Waals surface area (Å²) in [6, 6.07) is 59.6. The molecule has 5 heterocycles. The maximum atomic E-state index is 6.84. The lowest BCUT2D eigenvalue weighted by atomic mass is 9.98. The predicted molar refractivity (Wildman–Crippen MR) is 293 cm³/mol. The van der Waals surface area contributed by atoms with E-state index in [1.165, 1.54) is 11.1 Å². The van der Waals surface area contributed by atoms with E-state index in [1.54, 1.807) is 0 Å². The number of fused-ring (bicyclic) bond motifs is 8. The van der Waals surface area contributed by atoms with Crippen LogP contribution in [0.4, 0.5) is 0 Å². The van der Waals surface area contributed by atoms with Gasteiger partial charge in [-0.1, -0.05) is 86.6 Å². The number of rotatable bonds is 10. The van der Waals surface area contributed by atoms with Crippen LogP contribution in [-0.2, 0) is 12.8 Å². The number of benzene rings is 8. The quantitative estimate of drug-likeness (QED) is 0.136. The first kappa shape index (κ1) is 42.9. The van der Waals surface area contributed by atoms with Crippen molar-refractivity contribution in [1.29, 1.82) is 0 Å². The van der Waals surface area contributed by atoms with Crippen LogP contribution in [0.25, 0.3) is 99.3 Å². The Morgan fingerprint density at radius 1 is 0.375 bits per heavy atom. The Kier molecular flexibility index (Phi) is 10.4. The van der Waals surface area contributed by atoms with Crippen LogP contribution in [0.3, 0.4) is 0 Å². The second kappa shape index (κ2) is 17.4. The zero-order valence-corrected chi connectivity index (χ0v) is 40.4. The molecule has 13 rings (SSSR count). The SMILES string of the molecule is CCc1ccc2c(-c3cnc(-c4cc(Oc5ccc6c7ccccc7n(-c7cc(C)ccn7)c6c5)cc5cc(CC)ccc45)cn3)cc(Oc3ccc4c5ccccc5n(-c5cc(C)ccn5)c4c3)cc2c1. The molecule has 346 valence electrons. The standard InChI is InChI=1S/C64H48N6O2/c1-5-41-15-19-49-43(29-41)31-47(71-45-17-21-53-51-11-7-9-13-59(51)69(61(53)35-45)63-27-39(3)23-25-65-63)33-55(49)57-37-68-58(38-67-57)56-34-48(32-44-30-42(6-2)16-20-50(44)56)72-46-18-22-54-52-12-8-10-14-60(52)70(62(54)36-46)64-28-40(4)24-26-66-64/h7-38H,5-6H2,1-4H3.